The van der Waals surface area contributed by atoms with E-state index >= 15 is 0 Å². The van der Waals surface area contributed by atoms with Crippen LogP contribution in [0.5, 0.6) is 0 Å². The van der Waals surface area contributed by atoms with Gasteiger partial charge in [0, 0.05) is 11.8 Å². The van der Waals surface area contributed by atoms with Gasteiger partial charge < -0.3 is 5.32 Å². The summed E-state index contributed by atoms with van der Waals surface area (Å²) in [5, 5.41) is 4.87. The van der Waals surface area contributed by atoms with Crippen molar-refractivity contribution in [2.45, 2.75) is 64.5 Å². The van der Waals surface area contributed by atoms with Crippen LogP contribution in [0.4, 0.5) is 0 Å². The molecular weight excluding hydrogens is 216 g/mol. The number of hydrogen-bond acceptors (Lipinski definition) is 3. The molecule has 0 aromatic carbocycles. The van der Waals surface area contributed by atoms with Crippen LogP contribution in [0.3, 0.4) is 0 Å². The first-order chi connectivity index (χ1) is 7.75. The second kappa shape index (κ2) is 5.95. The Morgan fingerprint density at radius 1 is 1.12 bits per heavy atom. The molecule has 0 spiro atoms. The molecule has 0 aromatic rings. The van der Waals surface area contributed by atoms with Crippen molar-refractivity contribution in [3.8, 4) is 0 Å². The summed E-state index contributed by atoms with van der Waals surface area (Å²) in [6.45, 7) is 4.53. The molecule has 0 aromatic heterocycles. The van der Waals surface area contributed by atoms with Crippen LogP contribution >= 0.6 is 11.8 Å². The van der Waals surface area contributed by atoms with Gasteiger partial charge in [0.1, 0.15) is 0 Å². The minimum Gasteiger partial charge on any atom is -0.362 e. The van der Waals surface area contributed by atoms with Gasteiger partial charge in [0.15, 0.2) is 5.17 Å². The first-order valence-electron chi connectivity index (χ1n) is 6.73. The summed E-state index contributed by atoms with van der Waals surface area (Å²) in [7, 11) is 0. The zero-order valence-electron chi connectivity index (χ0n) is 10.5. The average molecular weight is 240 g/mol. The third-order valence-corrected chi connectivity index (χ3v) is 5.00. The fourth-order valence-electron chi connectivity index (χ4n) is 2.38. The van der Waals surface area contributed by atoms with Gasteiger partial charge in [-0.1, -0.05) is 44.4 Å². The average Bonchev–Trinajstić information content (AvgIpc) is 2.52. The predicted molar refractivity (Wildman–Crippen MR) is 73.1 cm³/mol. The summed E-state index contributed by atoms with van der Waals surface area (Å²) in [5.41, 5.74) is 0. The molecule has 0 amide bonds. The molecule has 1 heterocycles. The lowest BCUT2D eigenvalue weighted by Crippen LogP contribution is -2.36. The monoisotopic (exact) mass is 240 g/mol. The zero-order valence-corrected chi connectivity index (χ0v) is 11.4. The van der Waals surface area contributed by atoms with E-state index in [-0.39, 0.29) is 0 Å². The van der Waals surface area contributed by atoms with Gasteiger partial charge in [-0.15, -0.1) is 0 Å². The molecule has 1 aliphatic heterocycles. The van der Waals surface area contributed by atoms with Gasteiger partial charge >= 0.3 is 0 Å². The first-order valence-corrected chi connectivity index (χ1v) is 7.71. The predicted octanol–water partition coefficient (Wildman–Crippen LogP) is 3.43. The van der Waals surface area contributed by atoms with E-state index in [4.69, 9.17) is 4.99 Å². The summed E-state index contributed by atoms with van der Waals surface area (Å²) < 4.78 is 0. The Hall–Kier alpha value is -0.180. The summed E-state index contributed by atoms with van der Waals surface area (Å²) in [5.74, 6) is 1.95. The van der Waals surface area contributed by atoms with E-state index in [0.29, 0.717) is 12.1 Å². The number of aliphatic imine (C=N–C) groups is 1. The molecule has 0 saturated heterocycles. The first kappa shape index (κ1) is 12.3. The molecule has 2 nitrogen and oxygen atoms in total. The van der Waals surface area contributed by atoms with Crippen molar-refractivity contribution < 1.29 is 0 Å². The Labute approximate surface area is 104 Å². The number of thioether (sulfide) groups is 1. The van der Waals surface area contributed by atoms with Crippen LogP contribution in [-0.4, -0.2) is 23.0 Å². The highest BCUT2D eigenvalue weighted by Gasteiger charge is 2.21. The fraction of sp³-hybridized carbons (Fsp3) is 0.923. The Morgan fingerprint density at radius 2 is 1.81 bits per heavy atom. The van der Waals surface area contributed by atoms with Gasteiger partial charge in [0.05, 0.1) is 6.04 Å². The van der Waals surface area contributed by atoms with Crippen LogP contribution in [0.2, 0.25) is 0 Å². The van der Waals surface area contributed by atoms with Crippen LogP contribution in [-0.2, 0) is 0 Å². The Kier molecular flexibility index (Phi) is 4.56. The minimum absolute atomic E-state index is 0.495. The second-order valence-corrected chi connectivity index (χ2v) is 6.30. The summed E-state index contributed by atoms with van der Waals surface area (Å²) in [6.07, 6.45) is 8.30. The molecule has 1 fully saturated rings. The second-order valence-electron chi connectivity index (χ2n) is 5.30. The lowest BCUT2D eigenvalue weighted by Gasteiger charge is -2.26. The third-order valence-electron chi connectivity index (χ3n) is 3.81. The van der Waals surface area contributed by atoms with Crippen molar-refractivity contribution in [2.24, 2.45) is 10.9 Å². The van der Waals surface area contributed by atoms with E-state index in [1.807, 2.05) is 11.8 Å². The largest absolute Gasteiger partial charge is 0.362 e. The highest BCUT2D eigenvalue weighted by Crippen LogP contribution is 2.23. The maximum Gasteiger partial charge on any atom is 0.157 e. The molecule has 2 rings (SSSR count). The number of nitrogens with zero attached hydrogens (tertiary/aromatic N) is 1. The van der Waals surface area contributed by atoms with E-state index < -0.39 is 0 Å². The lowest BCUT2D eigenvalue weighted by molar-refractivity contribution is 0.513. The standard InChI is InChI=1S/C13H24N2S/c1-10-9-16-13(14-11(10)2)15-12-7-5-3-4-6-8-12/h10-12H,3-9H2,1-2H3,(H,14,15). The van der Waals surface area contributed by atoms with Gasteiger partial charge in [0.25, 0.3) is 0 Å². The fourth-order valence-corrected chi connectivity index (χ4v) is 3.57. The van der Waals surface area contributed by atoms with Crippen LogP contribution < -0.4 is 5.32 Å². The van der Waals surface area contributed by atoms with Crippen LogP contribution in [0.15, 0.2) is 4.99 Å². The maximum absolute atomic E-state index is 4.76. The van der Waals surface area contributed by atoms with Gasteiger partial charge in [-0.2, -0.15) is 0 Å². The van der Waals surface area contributed by atoms with Gasteiger partial charge in [-0.05, 0) is 25.7 Å². The third kappa shape index (κ3) is 3.41. The molecule has 2 unspecified atom stereocenters. The van der Waals surface area contributed by atoms with Gasteiger partial charge in [0.2, 0.25) is 0 Å². The Balaban J connectivity index is 1.86. The molecule has 3 heteroatoms. The van der Waals surface area contributed by atoms with E-state index in [1.54, 1.807) is 0 Å². The summed E-state index contributed by atoms with van der Waals surface area (Å²) >= 11 is 1.91. The number of rotatable bonds is 1. The molecule has 0 bridgehead atoms. The minimum atomic E-state index is 0.495. The van der Waals surface area contributed by atoms with E-state index in [2.05, 4.69) is 19.2 Å². The lowest BCUT2D eigenvalue weighted by atomic mass is 10.1. The highest BCUT2D eigenvalue weighted by molar-refractivity contribution is 8.13. The van der Waals surface area contributed by atoms with Crippen molar-refractivity contribution in [3.63, 3.8) is 0 Å². The molecular formula is C13H24N2S. The Morgan fingerprint density at radius 3 is 2.44 bits per heavy atom. The number of nitrogens with one attached hydrogen (secondary N) is 1. The molecule has 1 saturated carbocycles. The zero-order chi connectivity index (χ0) is 11.4. The normalized spacial score (nSPS) is 33.0. The van der Waals surface area contributed by atoms with Crippen molar-refractivity contribution in [1.29, 1.82) is 0 Å². The van der Waals surface area contributed by atoms with Crippen molar-refractivity contribution >= 4 is 16.9 Å². The van der Waals surface area contributed by atoms with Crippen molar-refractivity contribution in [1.82, 2.24) is 5.32 Å². The molecule has 92 valence electrons. The summed E-state index contributed by atoms with van der Waals surface area (Å²) in [4.78, 5) is 4.76. The van der Waals surface area contributed by atoms with Crippen LogP contribution in [0.25, 0.3) is 0 Å². The molecule has 1 aliphatic carbocycles. The number of hydrogen-bond donors (Lipinski definition) is 1. The molecule has 16 heavy (non-hydrogen) atoms. The van der Waals surface area contributed by atoms with E-state index in [1.165, 1.54) is 49.4 Å². The quantitative estimate of drug-likeness (QED) is 0.710. The van der Waals surface area contributed by atoms with Gasteiger partial charge in [-0.3, -0.25) is 4.99 Å². The van der Waals surface area contributed by atoms with Crippen molar-refractivity contribution in [2.75, 3.05) is 5.75 Å². The van der Waals surface area contributed by atoms with Crippen LogP contribution in [0.1, 0.15) is 52.4 Å². The maximum atomic E-state index is 4.76. The highest BCUT2D eigenvalue weighted by atomic mass is 32.2. The smallest absolute Gasteiger partial charge is 0.157 e. The topological polar surface area (TPSA) is 24.4 Å². The van der Waals surface area contributed by atoms with E-state index in [0.717, 1.165) is 5.92 Å². The Bertz CT molecular complexity index is 244. The van der Waals surface area contributed by atoms with Crippen LogP contribution in [0, 0.1) is 5.92 Å². The molecule has 0 radical (unpaired) electrons. The molecule has 1 N–H and O–H groups in total. The van der Waals surface area contributed by atoms with Crippen molar-refractivity contribution in [3.05, 3.63) is 0 Å². The number of amidine groups is 1. The van der Waals surface area contributed by atoms with Gasteiger partial charge in [-0.25, -0.2) is 0 Å². The molecule has 2 aliphatic rings. The SMILES string of the molecule is CC1CSC(NC2CCCCCC2)=NC1C. The molecule has 2 atom stereocenters. The van der Waals surface area contributed by atoms with E-state index in [9.17, 15) is 0 Å². The summed E-state index contributed by atoms with van der Waals surface area (Å²) in [6, 6.07) is 1.18.